The maximum atomic E-state index is 4.58. The number of H-pyrrole nitrogens is 2. The fourth-order valence-corrected chi connectivity index (χ4v) is 3.85. The van der Waals surface area contributed by atoms with E-state index in [-0.39, 0.29) is 0 Å². The minimum absolute atomic E-state index is 0.732. The lowest BCUT2D eigenvalue weighted by molar-refractivity contribution is 1.10. The number of allylic oxidation sites excluding steroid dienone is 1. The Morgan fingerprint density at radius 3 is 2.81 bits per heavy atom. The van der Waals surface area contributed by atoms with E-state index < -0.39 is 0 Å². The summed E-state index contributed by atoms with van der Waals surface area (Å²) in [5, 5.41) is 9.52. The minimum Gasteiger partial charge on any atom is -0.353 e. The monoisotopic (exact) mass is 422 g/mol. The second-order valence-corrected chi connectivity index (χ2v) is 7.70. The number of pyridine rings is 3. The Labute approximate surface area is 184 Å². The number of nitrogens with zero attached hydrogens (tertiary/aromatic N) is 6. The highest BCUT2D eigenvalue weighted by Gasteiger charge is 2.16. The molecule has 8 nitrogen and oxygen atoms in total. The van der Waals surface area contributed by atoms with E-state index in [9.17, 15) is 0 Å². The third-order valence-electron chi connectivity index (χ3n) is 5.51. The summed E-state index contributed by atoms with van der Waals surface area (Å²) in [4.78, 5) is 22.8. The third-order valence-corrected chi connectivity index (χ3v) is 5.51. The molecule has 0 fully saturated rings. The van der Waals surface area contributed by atoms with Crippen molar-refractivity contribution in [3.63, 3.8) is 0 Å². The van der Waals surface area contributed by atoms with Crippen LogP contribution in [0.3, 0.4) is 0 Å². The normalized spacial score (nSPS) is 11.9. The lowest BCUT2D eigenvalue weighted by Gasteiger charge is -2.14. The Hall–Kier alpha value is -4.33. The van der Waals surface area contributed by atoms with Crippen molar-refractivity contribution in [3.8, 4) is 22.5 Å². The van der Waals surface area contributed by atoms with E-state index in [1.54, 1.807) is 12.4 Å². The summed E-state index contributed by atoms with van der Waals surface area (Å²) in [5.41, 5.74) is 7.40. The van der Waals surface area contributed by atoms with E-state index in [0.29, 0.717) is 0 Å². The molecule has 32 heavy (non-hydrogen) atoms. The van der Waals surface area contributed by atoms with Crippen LogP contribution in [0.15, 0.2) is 65.9 Å². The van der Waals surface area contributed by atoms with Gasteiger partial charge in [-0.1, -0.05) is 0 Å². The van der Waals surface area contributed by atoms with Gasteiger partial charge >= 0.3 is 0 Å². The molecule has 0 saturated carbocycles. The van der Waals surface area contributed by atoms with E-state index >= 15 is 0 Å². The molecule has 8 heteroatoms. The van der Waals surface area contributed by atoms with E-state index in [0.717, 1.165) is 61.5 Å². The van der Waals surface area contributed by atoms with E-state index in [1.165, 1.54) is 0 Å². The highest BCUT2D eigenvalue weighted by molar-refractivity contribution is 5.99. The molecule has 5 aromatic heterocycles. The average Bonchev–Trinajstić information content (AvgIpc) is 3.42. The molecule has 0 aromatic carbocycles. The number of aromatic nitrogens is 6. The Morgan fingerprint density at radius 2 is 2.00 bits per heavy atom. The lowest BCUT2D eigenvalue weighted by atomic mass is 10.0. The molecule has 0 radical (unpaired) electrons. The predicted molar refractivity (Wildman–Crippen MR) is 129 cm³/mol. The second-order valence-electron chi connectivity index (χ2n) is 7.70. The number of aromatic amines is 2. The molecule has 5 rings (SSSR count). The summed E-state index contributed by atoms with van der Waals surface area (Å²) in [5.74, 6) is 0.817. The first-order valence-electron chi connectivity index (χ1n) is 10.2. The van der Waals surface area contributed by atoms with Gasteiger partial charge in [0.05, 0.1) is 16.9 Å². The molecule has 0 unspecified atom stereocenters. The standard InChI is InChI=1S/C24H22N8/c1-14-5-7-26-12-19(14)16-9-18-22(30-31-23(18)28-11-16)21-10-17-20(29-21)6-8-27-24(17)32(4)13-15(2)25-3/h5-13,29H,3H2,1-2,4H3,(H,28,30,31)/b15-13-. The molecule has 0 aliphatic heterocycles. The van der Waals surface area contributed by atoms with Gasteiger partial charge in [0, 0.05) is 59.9 Å². The summed E-state index contributed by atoms with van der Waals surface area (Å²) < 4.78 is 0. The van der Waals surface area contributed by atoms with Crippen LogP contribution in [0.4, 0.5) is 5.82 Å². The number of aliphatic imine (C=N–C) groups is 1. The van der Waals surface area contributed by atoms with Crippen molar-refractivity contribution < 1.29 is 0 Å². The Kier molecular flexibility index (Phi) is 4.74. The quantitative estimate of drug-likeness (QED) is 0.394. The zero-order valence-corrected chi connectivity index (χ0v) is 18.1. The van der Waals surface area contributed by atoms with Crippen LogP contribution >= 0.6 is 0 Å². The predicted octanol–water partition coefficient (Wildman–Crippen LogP) is 4.87. The molecule has 0 aliphatic rings. The van der Waals surface area contributed by atoms with E-state index in [1.807, 2.05) is 49.6 Å². The molecular formula is C24H22N8. The van der Waals surface area contributed by atoms with Crippen LogP contribution in [0.2, 0.25) is 0 Å². The highest BCUT2D eigenvalue weighted by atomic mass is 15.2. The number of nitrogens with one attached hydrogen (secondary N) is 2. The van der Waals surface area contributed by atoms with Gasteiger partial charge in [-0.25, -0.2) is 9.97 Å². The number of anilines is 1. The van der Waals surface area contributed by atoms with Gasteiger partial charge in [-0.15, -0.1) is 0 Å². The zero-order valence-electron chi connectivity index (χ0n) is 18.1. The van der Waals surface area contributed by atoms with Crippen LogP contribution in [0, 0.1) is 6.92 Å². The SMILES string of the molecule is C=N/C(C)=C\N(C)c1nccc2[nH]c(-c3n[nH]c4ncc(-c5cnccc5C)cc34)cc12. The van der Waals surface area contributed by atoms with E-state index in [2.05, 4.69) is 60.9 Å². The fraction of sp³-hybridized carbons (Fsp3) is 0.125. The van der Waals surface area contributed by atoms with Crippen LogP contribution in [0.5, 0.6) is 0 Å². The molecule has 2 N–H and O–H groups in total. The molecule has 0 aliphatic carbocycles. The zero-order chi connectivity index (χ0) is 22.2. The van der Waals surface area contributed by atoms with Crippen LogP contribution in [0.25, 0.3) is 44.5 Å². The maximum Gasteiger partial charge on any atom is 0.155 e. The van der Waals surface area contributed by atoms with Gasteiger partial charge in [-0.2, -0.15) is 5.10 Å². The molecule has 0 saturated heterocycles. The van der Waals surface area contributed by atoms with Crippen LogP contribution < -0.4 is 4.90 Å². The Bertz CT molecular complexity index is 1490. The molecule has 0 spiro atoms. The Morgan fingerprint density at radius 1 is 1.12 bits per heavy atom. The second kappa shape index (κ2) is 7.73. The van der Waals surface area contributed by atoms with Crippen LogP contribution in [-0.2, 0) is 0 Å². The maximum absolute atomic E-state index is 4.58. The smallest absolute Gasteiger partial charge is 0.155 e. The fourth-order valence-electron chi connectivity index (χ4n) is 3.85. The van der Waals surface area contributed by atoms with Gasteiger partial charge in [0.1, 0.15) is 11.5 Å². The molecule has 5 aromatic rings. The molecule has 0 amide bonds. The van der Waals surface area contributed by atoms with Crippen molar-refractivity contribution in [1.82, 2.24) is 30.1 Å². The first kappa shape index (κ1) is 19.6. The molecular weight excluding hydrogens is 400 g/mol. The van der Waals surface area contributed by atoms with Crippen molar-refractivity contribution in [2.24, 2.45) is 4.99 Å². The number of hydrogen-bond acceptors (Lipinski definition) is 6. The van der Waals surface area contributed by atoms with Gasteiger partial charge in [0.2, 0.25) is 0 Å². The first-order valence-corrected chi connectivity index (χ1v) is 10.2. The van der Waals surface area contributed by atoms with E-state index in [4.69, 9.17) is 0 Å². The van der Waals surface area contributed by atoms with Gasteiger partial charge in [0.15, 0.2) is 5.65 Å². The van der Waals surface area contributed by atoms with Crippen molar-refractivity contribution in [2.45, 2.75) is 13.8 Å². The van der Waals surface area contributed by atoms with Gasteiger partial charge < -0.3 is 9.88 Å². The number of aryl methyl sites for hydroxylation is 1. The number of fused-ring (bicyclic) bond motifs is 2. The van der Waals surface area contributed by atoms with Crippen LogP contribution in [-0.4, -0.2) is 43.9 Å². The summed E-state index contributed by atoms with van der Waals surface area (Å²) in [6, 6.07) is 8.12. The largest absolute Gasteiger partial charge is 0.353 e. The van der Waals surface area contributed by atoms with Crippen molar-refractivity contribution in [1.29, 1.82) is 0 Å². The molecule has 158 valence electrons. The third kappa shape index (κ3) is 3.31. The van der Waals surface area contributed by atoms with Crippen molar-refractivity contribution in [3.05, 3.63) is 66.5 Å². The van der Waals surface area contributed by atoms with Crippen molar-refractivity contribution in [2.75, 3.05) is 11.9 Å². The summed E-state index contributed by atoms with van der Waals surface area (Å²) in [6.07, 6.45) is 9.19. The summed E-state index contributed by atoms with van der Waals surface area (Å²) >= 11 is 0. The topological polar surface area (TPSA) is 98.7 Å². The van der Waals surface area contributed by atoms with Gasteiger partial charge in [0.25, 0.3) is 0 Å². The highest BCUT2D eigenvalue weighted by Crippen LogP contribution is 2.33. The van der Waals surface area contributed by atoms with Gasteiger partial charge in [-0.3, -0.25) is 15.1 Å². The van der Waals surface area contributed by atoms with Crippen molar-refractivity contribution >= 4 is 34.5 Å². The molecule has 5 heterocycles. The number of rotatable bonds is 5. The first-order chi connectivity index (χ1) is 15.5. The average molecular weight is 422 g/mol. The summed E-state index contributed by atoms with van der Waals surface area (Å²) in [7, 11) is 1.94. The summed E-state index contributed by atoms with van der Waals surface area (Å²) in [6.45, 7) is 7.54. The Balaban J connectivity index is 1.63. The minimum atomic E-state index is 0.732. The molecule has 0 bridgehead atoms. The molecule has 0 atom stereocenters. The van der Waals surface area contributed by atoms with Gasteiger partial charge in [-0.05, 0) is 50.4 Å². The number of hydrogen-bond donors (Lipinski definition) is 2. The lowest BCUT2D eigenvalue weighted by Crippen LogP contribution is -2.10. The van der Waals surface area contributed by atoms with Crippen LogP contribution in [0.1, 0.15) is 12.5 Å².